The average molecular weight is 538 g/mol. The van der Waals surface area contributed by atoms with Crippen LogP contribution in [0.2, 0.25) is 0 Å². The fraction of sp³-hybridized carbons (Fsp3) is 0.448. The molecule has 9 heteroatoms. The molecule has 1 unspecified atom stereocenters. The van der Waals surface area contributed by atoms with E-state index in [0.29, 0.717) is 22.5 Å². The topological polar surface area (TPSA) is 110 Å². The summed E-state index contributed by atoms with van der Waals surface area (Å²) in [6.07, 6.45) is 5.28. The van der Waals surface area contributed by atoms with E-state index in [1.54, 1.807) is 38.1 Å². The Kier molecular flexibility index (Phi) is 8.99. The van der Waals surface area contributed by atoms with Crippen molar-refractivity contribution in [1.82, 2.24) is 9.97 Å². The second-order valence-corrected chi connectivity index (χ2v) is 10.6. The normalized spacial score (nSPS) is 14.1. The zero-order chi connectivity index (χ0) is 27.2. The summed E-state index contributed by atoms with van der Waals surface area (Å²) in [6, 6.07) is 6.91. The lowest BCUT2D eigenvalue weighted by Gasteiger charge is -2.16. The number of rotatable bonds is 8. The SMILES string of the molecule is CCOC(=O)c1c(NC(=O)C(CC)OC(=O)c2ccc(-c3nc(C)c(C)[nH]3)cc2)sc2c1CCCCCC2. The van der Waals surface area contributed by atoms with Crippen LogP contribution in [0.5, 0.6) is 0 Å². The number of carbonyl (C=O) groups excluding carboxylic acids is 3. The molecule has 202 valence electrons. The number of nitrogens with zero attached hydrogens (tertiary/aromatic N) is 1. The van der Waals surface area contributed by atoms with Crippen LogP contribution in [-0.2, 0) is 27.1 Å². The Morgan fingerprint density at radius 3 is 2.37 bits per heavy atom. The van der Waals surface area contributed by atoms with Crippen LogP contribution in [0.4, 0.5) is 5.00 Å². The molecule has 3 aromatic rings. The highest BCUT2D eigenvalue weighted by molar-refractivity contribution is 7.17. The molecule has 1 aliphatic carbocycles. The van der Waals surface area contributed by atoms with Gasteiger partial charge in [0.05, 0.1) is 23.4 Å². The van der Waals surface area contributed by atoms with E-state index in [0.717, 1.165) is 71.7 Å². The van der Waals surface area contributed by atoms with E-state index in [4.69, 9.17) is 9.47 Å². The summed E-state index contributed by atoms with van der Waals surface area (Å²) in [6.45, 7) is 7.69. The molecule has 1 aliphatic rings. The Bertz CT molecular complexity index is 1290. The molecule has 1 aromatic carbocycles. The Balaban J connectivity index is 1.49. The quantitative estimate of drug-likeness (QED) is 0.333. The molecule has 2 heterocycles. The molecule has 38 heavy (non-hydrogen) atoms. The van der Waals surface area contributed by atoms with Gasteiger partial charge in [0.15, 0.2) is 6.10 Å². The minimum Gasteiger partial charge on any atom is -0.462 e. The van der Waals surface area contributed by atoms with Gasteiger partial charge < -0.3 is 19.8 Å². The number of aryl methyl sites for hydroxylation is 3. The molecule has 0 fully saturated rings. The number of esters is 2. The van der Waals surface area contributed by atoms with Gasteiger partial charge in [-0.15, -0.1) is 11.3 Å². The van der Waals surface area contributed by atoms with Crippen LogP contribution in [0.25, 0.3) is 11.4 Å². The number of hydrogen-bond acceptors (Lipinski definition) is 7. The lowest BCUT2D eigenvalue weighted by atomic mass is 9.96. The molecule has 0 saturated heterocycles. The number of hydrogen-bond donors (Lipinski definition) is 2. The number of fused-ring (bicyclic) bond motifs is 1. The number of amides is 1. The maximum atomic E-state index is 13.2. The summed E-state index contributed by atoms with van der Waals surface area (Å²) in [7, 11) is 0. The van der Waals surface area contributed by atoms with E-state index in [1.807, 2.05) is 13.8 Å². The molecule has 0 saturated carbocycles. The highest BCUT2D eigenvalue weighted by atomic mass is 32.1. The van der Waals surface area contributed by atoms with Crippen LogP contribution in [0.15, 0.2) is 24.3 Å². The first-order valence-corrected chi connectivity index (χ1v) is 14.1. The van der Waals surface area contributed by atoms with Gasteiger partial charge in [0.2, 0.25) is 0 Å². The number of aromatic amines is 1. The first-order valence-electron chi connectivity index (χ1n) is 13.3. The lowest BCUT2D eigenvalue weighted by molar-refractivity contribution is -0.124. The summed E-state index contributed by atoms with van der Waals surface area (Å²) in [4.78, 5) is 47.8. The predicted octanol–water partition coefficient (Wildman–Crippen LogP) is 6.16. The van der Waals surface area contributed by atoms with Crippen molar-refractivity contribution >= 4 is 34.2 Å². The predicted molar refractivity (Wildman–Crippen MR) is 148 cm³/mol. The summed E-state index contributed by atoms with van der Waals surface area (Å²) in [5.74, 6) is -0.741. The van der Waals surface area contributed by atoms with Crippen molar-refractivity contribution < 1.29 is 23.9 Å². The highest BCUT2D eigenvalue weighted by Gasteiger charge is 2.29. The lowest BCUT2D eigenvalue weighted by Crippen LogP contribution is -2.32. The van der Waals surface area contributed by atoms with E-state index >= 15 is 0 Å². The van der Waals surface area contributed by atoms with Crippen molar-refractivity contribution in [3.63, 3.8) is 0 Å². The molecule has 0 radical (unpaired) electrons. The first-order chi connectivity index (χ1) is 18.3. The molecule has 8 nitrogen and oxygen atoms in total. The van der Waals surface area contributed by atoms with Crippen LogP contribution < -0.4 is 5.32 Å². The highest BCUT2D eigenvalue weighted by Crippen LogP contribution is 2.38. The van der Waals surface area contributed by atoms with Crippen molar-refractivity contribution in [2.75, 3.05) is 11.9 Å². The van der Waals surface area contributed by atoms with Crippen LogP contribution in [0.3, 0.4) is 0 Å². The number of H-pyrrole nitrogens is 1. The Morgan fingerprint density at radius 2 is 1.74 bits per heavy atom. The van der Waals surface area contributed by atoms with Gasteiger partial charge in [0.25, 0.3) is 5.91 Å². The van der Waals surface area contributed by atoms with Gasteiger partial charge >= 0.3 is 11.9 Å². The molecule has 2 aromatic heterocycles. The van der Waals surface area contributed by atoms with E-state index < -0.39 is 23.9 Å². The van der Waals surface area contributed by atoms with E-state index in [2.05, 4.69) is 15.3 Å². The number of ether oxygens (including phenoxy) is 2. The molecule has 0 bridgehead atoms. The van der Waals surface area contributed by atoms with E-state index in [-0.39, 0.29) is 6.61 Å². The van der Waals surface area contributed by atoms with Crippen LogP contribution in [0.1, 0.15) is 88.5 Å². The Hall–Kier alpha value is -3.46. The van der Waals surface area contributed by atoms with Crippen molar-refractivity contribution in [3.05, 3.63) is 57.2 Å². The third-order valence-electron chi connectivity index (χ3n) is 6.82. The van der Waals surface area contributed by atoms with Gasteiger partial charge in [-0.2, -0.15) is 0 Å². The molecule has 0 spiro atoms. The van der Waals surface area contributed by atoms with E-state index in [1.165, 1.54) is 11.3 Å². The number of nitrogens with one attached hydrogen (secondary N) is 2. The van der Waals surface area contributed by atoms with Gasteiger partial charge in [-0.1, -0.05) is 31.9 Å². The smallest absolute Gasteiger partial charge is 0.341 e. The Labute approximate surface area is 227 Å². The van der Waals surface area contributed by atoms with Gasteiger partial charge in [0.1, 0.15) is 10.8 Å². The minimum atomic E-state index is -1.00. The van der Waals surface area contributed by atoms with Crippen LogP contribution in [0, 0.1) is 13.8 Å². The van der Waals surface area contributed by atoms with Crippen LogP contribution >= 0.6 is 11.3 Å². The number of carbonyl (C=O) groups is 3. The summed E-state index contributed by atoms with van der Waals surface area (Å²) in [5, 5.41) is 3.36. The van der Waals surface area contributed by atoms with E-state index in [9.17, 15) is 14.4 Å². The van der Waals surface area contributed by atoms with Crippen molar-refractivity contribution in [2.45, 2.75) is 78.7 Å². The monoisotopic (exact) mass is 537 g/mol. The number of anilines is 1. The second-order valence-electron chi connectivity index (χ2n) is 9.51. The molecule has 1 amide bonds. The van der Waals surface area contributed by atoms with Crippen molar-refractivity contribution in [3.8, 4) is 11.4 Å². The summed E-state index contributed by atoms with van der Waals surface area (Å²) < 4.78 is 10.9. The average Bonchev–Trinajstić information content (AvgIpc) is 3.40. The molecule has 2 N–H and O–H groups in total. The molecule has 0 aliphatic heterocycles. The number of aromatic nitrogens is 2. The summed E-state index contributed by atoms with van der Waals surface area (Å²) in [5.41, 5.74) is 4.53. The Morgan fingerprint density at radius 1 is 1.03 bits per heavy atom. The first kappa shape index (κ1) is 27.6. The molecule has 1 atom stereocenters. The zero-order valence-corrected chi connectivity index (χ0v) is 23.3. The van der Waals surface area contributed by atoms with Gasteiger partial charge in [-0.3, -0.25) is 4.79 Å². The summed E-state index contributed by atoms with van der Waals surface area (Å²) >= 11 is 1.43. The maximum Gasteiger partial charge on any atom is 0.341 e. The van der Waals surface area contributed by atoms with Crippen molar-refractivity contribution in [1.29, 1.82) is 0 Å². The third-order valence-corrected chi connectivity index (χ3v) is 8.03. The molecular weight excluding hydrogens is 502 g/mol. The molecular formula is C29H35N3O5S. The molecule has 4 rings (SSSR count). The zero-order valence-electron chi connectivity index (χ0n) is 22.4. The minimum absolute atomic E-state index is 0.254. The number of thiophene rings is 1. The van der Waals surface area contributed by atoms with Gasteiger partial charge in [-0.05, 0) is 70.6 Å². The number of benzene rings is 1. The second kappa shape index (κ2) is 12.4. The van der Waals surface area contributed by atoms with Crippen LogP contribution in [-0.4, -0.2) is 40.5 Å². The fourth-order valence-electron chi connectivity index (χ4n) is 4.59. The maximum absolute atomic E-state index is 13.2. The standard InChI is InChI=1S/C29H35N3O5S/c1-5-22(37-28(34)20-15-13-19(14-16-20)25-30-17(3)18(4)31-25)26(33)32-27-24(29(35)36-6-2)21-11-9-7-8-10-12-23(21)38-27/h13-16,22H,5-12H2,1-4H3,(H,30,31)(H,32,33). The van der Waals surface area contributed by atoms with Crippen molar-refractivity contribution in [2.24, 2.45) is 0 Å². The van der Waals surface area contributed by atoms with Gasteiger partial charge in [0, 0.05) is 16.1 Å². The third kappa shape index (κ3) is 6.15. The fourth-order valence-corrected chi connectivity index (χ4v) is 5.87. The largest absolute Gasteiger partial charge is 0.462 e. The number of imidazole rings is 1. The van der Waals surface area contributed by atoms with Gasteiger partial charge in [-0.25, -0.2) is 14.6 Å².